The first-order valence-corrected chi connectivity index (χ1v) is 6.95. The zero-order valence-corrected chi connectivity index (χ0v) is 12.8. The summed E-state index contributed by atoms with van der Waals surface area (Å²) in [5, 5.41) is 9.58. The Hall–Kier alpha value is -2.01. The van der Waals surface area contributed by atoms with Crippen LogP contribution in [-0.4, -0.2) is 26.0 Å². The molecule has 6 heteroatoms. The van der Waals surface area contributed by atoms with E-state index in [0.717, 1.165) is 17.0 Å². The lowest BCUT2D eigenvalue weighted by atomic mass is 9.99. The number of rotatable bonds is 4. The average molecular weight is 306 g/mol. The van der Waals surface area contributed by atoms with E-state index in [0.29, 0.717) is 23.0 Å². The number of hydrogen-bond donors (Lipinski definition) is 1. The molecular formula is C15H16ClN3O2. The molecular weight excluding hydrogens is 290 g/mol. The van der Waals surface area contributed by atoms with Gasteiger partial charge in [0.15, 0.2) is 5.82 Å². The Labute approximate surface area is 128 Å². The SMILES string of the molecule is Cc1nc(-c2ccc(Cl)cn2)nc(C)c1CC(C)C(=O)O. The van der Waals surface area contributed by atoms with E-state index in [2.05, 4.69) is 15.0 Å². The largest absolute Gasteiger partial charge is 0.481 e. The van der Waals surface area contributed by atoms with Gasteiger partial charge in [0, 0.05) is 17.6 Å². The fourth-order valence-corrected chi connectivity index (χ4v) is 2.16. The minimum Gasteiger partial charge on any atom is -0.481 e. The van der Waals surface area contributed by atoms with Gasteiger partial charge >= 0.3 is 5.97 Å². The van der Waals surface area contributed by atoms with Crippen LogP contribution in [0.1, 0.15) is 23.9 Å². The van der Waals surface area contributed by atoms with Gasteiger partial charge in [-0.1, -0.05) is 18.5 Å². The number of pyridine rings is 1. The van der Waals surface area contributed by atoms with Crippen molar-refractivity contribution in [2.24, 2.45) is 5.92 Å². The van der Waals surface area contributed by atoms with Crippen LogP contribution < -0.4 is 0 Å². The molecule has 2 heterocycles. The van der Waals surface area contributed by atoms with Crippen molar-refractivity contribution in [3.8, 4) is 11.5 Å². The number of carbonyl (C=O) groups is 1. The highest BCUT2D eigenvalue weighted by Gasteiger charge is 2.17. The van der Waals surface area contributed by atoms with Crippen LogP contribution in [0.5, 0.6) is 0 Å². The second-order valence-corrected chi connectivity index (χ2v) is 5.44. The molecule has 0 bridgehead atoms. The molecule has 0 radical (unpaired) electrons. The minimum atomic E-state index is -0.822. The van der Waals surface area contributed by atoms with Gasteiger partial charge in [0.1, 0.15) is 5.69 Å². The normalized spacial score (nSPS) is 12.2. The van der Waals surface area contributed by atoms with Crippen LogP contribution in [0, 0.1) is 19.8 Å². The first-order valence-electron chi connectivity index (χ1n) is 6.57. The van der Waals surface area contributed by atoms with Gasteiger partial charge in [0.25, 0.3) is 0 Å². The Kier molecular flexibility index (Phi) is 4.53. The van der Waals surface area contributed by atoms with E-state index in [9.17, 15) is 4.79 Å². The lowest BCUT2D eigenvalue weighted by Gasteiger charge is -2.12. The minimum absolute atomic E-state index is 0.418. The summed E-state index contributed by atoms with van der Waals surface area (Å²) in [6.07, 6.45) is 1.96. The van der Waals surface area contributed by atoms with Gasteiger partial charge in [-0.05, 0) is 38.0 Å². The fourth-order valence-electron chi connectivity index (χ4n) is 2.05. The molecule has 0 aromatic carbocycles. The van der Waals surface area contributed by atoms with Crippen LogP contribution in [-0.2, 0) is 11.2 Å². The molecule has 1 atom stereocenters. The van der Waals surface area contributed by atoms with Gasteiger partial charge in [-0.2, -0.15) is 0 Å². The lowest BCUT2D eigenvalue weighted by molar-refractivity contribution is -0.141. The molecule has 0 aliphatic heterocycles. The van der Waals surface area contributed by atoms with Crippen molar-refractivity contribution < 1.29 is 9.90 Å². The van der Waals surface area contributed by atoms with Crippen LogP contribution in [0.4, 0.5) is 0 Å². The summed E-state index contributed by atoms with van der Waals surface area (Å²) in [6.45, 7) is 5.39. The second-order valence-electron chi connectivity index (χ2n) is 5.00. The van der Waals surface area contributed by atoms with Gasteiger partial charge in [-0.15, -0.1) is 0 Å². The molecule has 0 saturated carbocycles. The van der Waals surface area contributed by atoms with Crippen LogP contribution >= 0.6 is 11.6 Å². The highest BCUT2D eigenvalue weighted by molar-refractivity contribution is 6.30. The average Bonchev–Trinajstić information content (AvgIpc) is 2.43. The molecule has 0 aliphatic carbocycles. The van der Waals surface area contributed by atoms with Crippen LogP contribution in [0.2, 0.25) is 5.02 Å². The molecule has 1 N–H and O–H groups in total. The molecule has 2 aromatic heterocycles. The standard InChI is InChI=1S/C15H16ClN3O2/c1-8(15(20)21)6-12-9(2)18-14(19-10(12)3)13-5-4-11(16)7-17-13/h4-5,7-8H,6H2,1-3H3,(H,20,21). The predicted molar refractivity (Wildman–Crippen MR) is 80.3 cm³/mol. The molecule has 0 aliphatic rings. The fraction of sp³-hybridized carbons (Fsp3) is 0.333. The molecule has 0 amide bonds. The zero-order chi connectivity index (χ0) is 15.6. The van der Waals surface area contributed by atoms with Crippen molar-refractivity contribution in [2.45, 2.75) is 27.2 Å². The third-order valence-corrected chi connectivity index (χ3v) is 3.53. The molecule has 5 nitrogen and oxygen atoms in total. The summed E-state index contributed by atoms with van der Waals surface area (Å²) in [5.74, 6) is -0.767. The summed E-state index contributed by atoms with van der Waals surface area (Å²) < 4.78 is 0. The Bertz CT molecular complexity index is 648. The first kappa shape index (κ1) is 15.4. The third kappa shape index (κ3) is 3.55. The topological polar surface area (TPSA) is 76.0 Å². The third-order valence-electron chi connectivity index (χ3n) is 3.31. The number of carboxylic acids is 1. The summed E-state index contributed by atoms with van der Waals surface area (Å²) in [7, 11) is 0. The molecule has 0 fully saturated rings. The zero-order valence-electron chi connectivity index (χ0n) is 12.1. The molecule has 21 heavy (non-hydrogen) atoms. The van der Waals surface area contributed by atoms with Crippen molar-refractivity contribution in [1.82, 2.24) is 15.0 Å². The van der Waals surface area contributed by atoms with Crippen LogP contribution in [0.25, 0.3) is 11.5 Å². The van der Waals surface area contributed by atoms with Gasteiger partial charge in [-0.3, -0.25) is 9.78 Å². The Morgan fingerprint density at radius 3 is 2.38 bits per heavy atom. The Balaban J connectivity index is 2.37. The van der Waals surface area contributed by atoms with E-state index in [1.165, 1.54) is 0 Å². The van der Waals surface area contributed by atoms with Gasteiger partial charge in [0.05, 0.1) is 10.9 Å². The monoisotopic (exact) mass is 305 g/mol. The van der Waals surface area contributed by atoms with Crippen LogP contribution in [0.3, 0.4) is 0 Å². The maximum atomic E-state index is 11.0. The Morgan fingerprint density at radius 2 is 1.90 bits per heavy atom. The Morgan fingerprint density at radius 1 is 1.29 bits per heavy atom. The van der Waals surface area contributed by atoms with Crippen molar-refractivity contribution in [2.75, 3.05) is 0 Å². The highest BCUT2D eigenvalue weighted by atomic mass is 35.5. The van der Waals surface area contributed by atoms with Gasteiger partial charge in [-0.25, -0.2) is 9.97 Å². The number of halogens is 1. The highest BCUT2D eigenvalue weighted by Crippen LogP contribution is 2.20. The molecule has 2 aromatic rings. The van der Waals surface area contributed by atoms with Crippen molar-refractivity contribution >= 4 is 17.6 Å². The number of aromatic nitrogens is 3. The van der Waals surface area contributed by atoms with Crippen LogP contribution in [0.15, 0.2) is 18.3 Å². The van der Waals surface area contributed by atoms with Crippen molar-refractivity contribution in [3.63, 3.8) is 0 Å². The summed E-state index contributed by atoms with van der Waals surface area (Å²) in [4.78, 5) is 24.1. The molecule has 0 saturated heterocycles. The molecule has 110 valence electrons. The summed E-state index contributed by atoms with van der Waals surface area (Å²) in [6, 6.07) is 3.49. The number of hydrogen-bond acceptors (Lipinski definition) is 4. The molecule has 2 rings (SSSR count). The van der Waals surface area contributed by atoms with Gasteiger partial charge < -0.3 is 5.11 Å². The number of nitrogens with zero attached hydrogens (tertiary/aromatic N) is 3. The van der Waals surface area contributed by atoms with E-state index < -0.39 is 11.9 Å². The lowest BCUT2D eigenvalue weighted by Crippen LogP contribution is -2.15. The first-order chi connectivity index (χ1) is 9.88. The van der Waals surface area contributed by atoms with Crippen molar-refractivity contribution in [1.29, 1.82) is 0 Å². The molecule has 1 unspecified atom stereocenters. The summed E-state index contributed by atoms with van der Waals surface area (Å²) in [5.41, 5.74) is 3.08. The second kappa shape index (κ2) is 6.18. The van der Waals surface area contributed by atoms with E-state index >= 15 is 0 Å². The summed E-state index contributed by atoms with van der Waals surface area (Å²) >= 11 is 5.81. The number of carboxylic acid groups (broad SMARTS) is 1. The van der Waals surface area contributed by atoms with E-state index in [1.54, 1.807) is 25.3 Å². The van der Waals surface area contributed by atoms with Crippen molar-refractivity contribution in [3.05, 3.63) is 40.3 Å². The van der Waals surface area contributed by atoms with Gasteiger partial charge in [0.2, 0.25) is 0 Å². The number of aliphatic carboxylic acids is 1. The predicted octanol–water partition coefficient (Wildman–Crippen LogP) is 3.07. The van der Waals surface area contributed by atoms with E-state index in [1.807, 2.05) is 13.8 Å². The smallest absolute Gasteiger partial charge is 0.306 e. The number of aryl methyl sites for hydroxylation is 2. The van der Waals surface area contributed by atoms with E-state index in [-0.39, 0.29) is 0 Å². The maximum absolute atomic E-state index is 11.0. The quantitative estimate of drug-likeness (QED) is 0.939. The van der Waals surface area contributed by atoms with E-state index in [4.69, 9.17) is 16.7 Å². The molecule has 0 spiro atoms. The maximum Gasteiger partial charge on any atom is 0.306 e.